The molecule has 0 saturated heterocycles. The first-order chi connectivity index (χ1) is 5.61. The van der Waals surface area contributed by atoms with E-state index >= 15 is 0 Å². The van der Waals surface area contributed by atoms with E-state index in [1.165, 1.54) is 0 Å². The van der Waals surface area contributed by atoms with Crippen molar-refractivity contribution in [2.75, 3.05) is 0 Å². The number of nitrogens with zero attached hydrogens (tertiary/aromatic N) is 1. The number of aromatic hydroxyl groups is 1. The van der Waals surface area contributed by atoms with Crippen molar-refractivity contribution in [1.29, 1.82) is 0 Å². The zero-order valence-electron chi connectivity index (χ0n) is 5.56. The molecule has 6 heteroatoms. The van der Waals surface area contributed by atoms with Gasteiger partial charge < -0.3 is 10.1 Å². The van der Waals surface area contributed by atoms with Gasteiger partial charge in [0.1, 0.15) is 4.62 Å². The third kappa shape index (κ3) is 0.879. The standard InChI is InChI=1S/C6H2Br2N2O2/c7-3-1-2(6(12)9-3)4(8)10-5(1)11/h9,12H. The molecular formula is C6H2Br2N2O2. The van der Waals surface area contributed by atoms with Crippen LogP contribution in [0.4, 0.5) is 0 Å². The van der Waals surface area contributed by atoms with Gasteiger partial charge in [-0.15, -0.1) is 0 Å². The highest BCUT2D eigenvalue weighted by Gasteiger charge is 2.29. The summed E-state index contributed by atoms with van der Waals surface area (Å²) >= 11 is 6.18. The van der Waals surface area contributed by atoms with Gasteiger partial charge in [0.2, 0.25) is 0 Å². The second-order valence-electron chi connectivity index (χ2n) is 2.25. The molecule has 2 rings (SSSR count). The summed E-state index contributed by atoms with van der Waals surface area (Å²) < 4.78 is 0.820. The van der Waals surface area contributed by atoms with Gasteiger partial charge in [-0.1, -0.05) is 0 Å². The Morgan fingerprint density at radius 1 is 1.33 bits per heavy atom. The predicted molar refractivity (Wildman–Crippen MR) is 50.0 cm³/mol. The minimum Gasteiger partial charge on any atom is -0.494 e. The first-order valence-corrected chi connectivity index (χ1v) is 4.59. The van der Waals surface area contributed by atoms with Gasteiger partial charge in [-0.3, -0.25) is 4.79 Å². The number of nitrogens with one attached hydrogen (secondary N) is 1. The van der Waals surface area contributed by atoms with E-state index in [0.717, 1.165) is 0 Å². The molecule has 0 bridgehead atoms. The molecule has 2 heterocycles. The Morgan fingerprint density at radius 2 is 2.00 bits per heavy atom. The number of carbonyl (C=O) groups excluding carboxylic acids is 1. The maximum Gasteiger partial charge on any atom is 0.281 e. The summed E-state index contributed by atoms with van der Waals surface area (Å²) in [6, 6.07) is 0. The van der Waals surface area contributed by atoms with Gasteiger partial charge in [-0.2, -0.15) is 0 Å². The van der Waals surface area contributed by atoms with Crippen LogP contribution in [0, 0.1) is 0 Å². The van der Waals surface area contributed by atoms with Crippen molar-refractivity contribution in [3.8, 4) is 5.88 Å². The number of hydrogen-bond donors (Lipinski definition) is 2. The van der Waals surface area contributed by atoms with Gasteiger partial charge in [0.15, 0.2) is 5.88 Å². The highest BCUT2D eigenvalue weighted by Crippen LogP contribution is 2.34. The number of fused-ring (bicyclic) bond motifs is 1. The molecule has 0 aliphatic carbocycles. The number of H-pyrrole nitrogens is 1. The minimum atomic E-state index is -0.361. The van der Waals surface area contributed by atoms with E-state index in [2.05, 4.69) is 41.8 Å². The van der Waals surface area contributed by atoms with E-state index in [0.29, 0.717) is 20.4 Å². The summed E-state index contributed by atoms with van der Waals surface area (Å²) in [6.45, 7) is 0. The highest BCUT2D eigenvalue weighted by molar-refractivity contribution is 9.18. The average molecular weight is 294 g/mol. The van der Waals surface area contributed by atoms with Crippen LogP contribution in [0.1, 0.15) is 15.9 Å². The lowest BCUT2D eigenvalue weighted by atomic mass is 10.2. The molecule has 0 unspecified atom stereocenters. The minimum absolute atomic E-state index is 0.0571. The fraction of sp³-hybridized carbons (Fsp3) is 0. The molecule has 0 radical (unpaired) electrons. The Bertz CT molecular complexity index is 408. The topological polar surface area (TPSA) is 65.4 Å². The Hall–Kier alpha value is -0.620. The monoisotopic (exact) mass is 292 g/mol. The van der Waals surface area contributed by atoms with E-state index in [1.807, 2.05) is 0 Å². The lowest BCUT2D eigenvalue weighted by molar-refractivity contribution is 0.101. The van der Waals surface area contributed by atoms with Gasteiger partial charge in [0.05, 0.1) is 15.7 Å². The smallest absolute Gasteiger partial charge is 0.281 e. The van der Waals surface area contributed by atoms with E-state index in [-0.39, 0.29) is 11.8 Å². The second kappa shape index (κ2) is 2.43. The third-order valence-electron chi connectivity index (χ3n) is 1.55. The fourth-order valence-electron chi connectivity index (χ4n) is 1.06. The quantitative estimate of drug-likeness (QED) is 0.766. The number of hydrogen-bond acceptors (Lipinski definition) is 2. The third-order valence-corrected chi connectivity index (χ3v) is 2.72. The molecule has 0 spiro atoms. The summed E-state index contributed by atoms with van der Waals surface area (Å²) in [5.74, 6) is -0.418. The van der Waals surface area contributed by atoms with Crippen LogP contribution in [-0.2, 0) is 0 Å². The molecule has 4 nitrogen and oxygen atoms in total. The Morgan fingerprint density at radius 3 is 2.58 bits per heavy atom. The van der Waals surface area contributed by atoms with Crippen LogP contribution in [0.15, 0.2) is 9.60 Å². The number of carbonyl (C=O) groups is 1. The number of halogens is 2. The van der Waals surface area contributed by atoms with Crippen LogP contribution in [-0.4, -0.2) is 20.6 Å². The number of rotatable bonds is 0. The molecule has 0 saturated carbocycles. The second-order valence-corrected chi connectivity index (χ2v) is 3.79. The maximum absolute atomic E-state index is 11.1. The van der Waals surface area contributed by atoms with Crippen molar-refractivity contribution < 1.29 is 9.90 Å². The zero-order chi connectivity index (χ0) is 8.88. The summed E-state index contributed by atoms with van der Waals surface area (Å²) in [7, 11) is 0. The SMILES string of the molecule is O=C1N=C(Br)c2c(O)[nH]c(Br)c21. The van der Waals surface area contributed by atoms with E-state index in [4.69, 9.17) is 0 Å². The van der Waals surface area contributed by atoms with Crippen LogP contribution in [0.3, 0.4) is 0 Å². The molecule has 62 valence electrons. The number of amides is 1. The molecule has 1 amide bonds. The fourth-order valence-corrected chi connectivity index (χ4v) is 2.16. The molecule has 1 aliphatic heterocycles. The van der Waals surface area contributed by atoms with E-state index in [9.17, 15) is 9.90 Å². The molecule has 12 heavy (non-hydrogen) atoms. The van der Waals surface area contributed by atoms with Gasteiger partial charge >= 0.3 is 0 Å². The highest BCUT2D eigenvalue weighted by atomic mass is 79.9. The summed E-state index contributed by atoms with van der Waals surface area (Å²) in [5, 5.41) is 9.29. The Labute approximate surface area is 84.0 Å². The van der Waals surface area contributed by atoms with Crippen LogP contribution >= 0.6 is 31.9 Å². The van der Waals surface area contributed by atoms with Crippen molar-refractivity contribution in [3.63, 3.8) is 0 Å². The molecule has 1 aromatic rings. The van der Waals surface area contributed by atoms with Gasteiger partial charge in [-0.05, 0) is 31.9 Å². The Balaban J connectivity index is 2.79. The van der Waals surface area contributed by atoms with Gasteiger partial charge in [-0.25, -0.2) is 4.99 Å². The lowest BCUT2D eigenvalue weighted by Gasteiger charge is -1.87. The molecule has 0 atom stereocenters. The van der Waals surface area contributed by atoms with Crippen molar-refractivity contribution >= 4 is 42.4 Å². The summed E-state index contributed by atoms with van der Waals surface area (Å²) in [5.41, 5.74) is 0.797. The normalized spacial score (nSPS) is 14.8. The maximum atomic E-state index is 11.1. The summed E-state index contributed by atoms with van der Waals surface area (Å²) in [4.78, 5) is 17.3. The number of aliphatic imine (C=N–C) groups is 1. The van der Waals surface area contributed by atoms with Crippen molar-refractivity contribution in [3.05, 3.63) is 15.7 Å². The first kappa shape index (κ1) is 8.00. The van der Waals surface area contributed by atoms with Crippen LogP contribution in [0.25, 0.3) is 0 Å². The molecule has 2 N–H and O–H groups in total. The van der Waals surface area contributed by atoms with Crippen LogP contribution < -0.4 is 0 Å². The number of aromatic amines is 1. The number of aromatic nitrogens is 1. The van der Waals surface area contributed by atoms with Crippen molar-refractivity contribution in [2.45, 2.75) is 0 Å². The molecule has 1 aromatic heterocycles. The zero-order valence-corrected chi connectivity index (χ0v) is 8.73. The Kier molecular flexibility index (Phi) is 1.62. The van der Waals surface area contributed by atoms with Crippen LogP contribution in [0.2, 0.25) is 0 Å². The predicted octanol–water partition coefficient (Wildman–Crippen LogP) is 1.78. The first-order valence-electron chi connectivity index (χ1n) is 3.00. The molecule has 1 aliphatic rings. The van der Waals surface area contributed by atoms with Crippen LogP contribution in [0.5, 0.6) is 5.88 Å². The molecule has 0 aromatic carbocycles. The lowest BCUT2D eigenvalue weighted by Crippen LogP contribution is -1.88. The average Bonchev–Trinajstić information content (AvgIpc) is 2.38. The van der Waals surface area contributed by atoms with Gasteiger partial charge in [0, 0.05) is 0 Å². The molecular weight excluding hydrogens is 292 g/mol. The van der Waals surface area contributed by atoms with Crippen molar-refractivity contribution in [1.82, 2.24) is 4.98 Å². The van der Waals surface area contributed by atoms with E-state index in [1.54, 1.807) is 0 Å². The van der Waals surface area contributed by atoms with E-state index < -0.39 is 0 Å². The summed E-state index contributed by atoms with van der Waals surface area (Å²) in [6.07, 6.45) is 0. The largest absolute Gasteiger partial charge is 0.494 e. The van der Waals surface area contributed by atoms with Gasteiger partial charge in [0.25, 0.3) is 5.91 Å². The molecule has 0 fully saturated rings. The van der Waals surface area contributed by atoms with Crippen molar-refractivity contribution in [2.24, 2.45) is 4.99 Å².